The zero-order chi connectivity index (χ0) is 24.9. The number of anilines is 1. The Bertz CT molecular complexity index is 1330. The summed E-state index contributed by atoms with van der Waals surface area (Å²) >= 11 is 12.8. The maximum Gasteiger partial charge on any atom is 0.293 e. The second-order valence-corrected chi connectivity index (χ2v) is 9.13. The van der Waals surface area contributed by atoms with Crippen LogP contribution in [0.2, 0.25) is 10.0 Å². The number of carbonyl (C=O) groups is 3. The van der Waals surface area contributed by atoms with Crippen molar-refractivity contribution in [3.63, 3.8) is 0 Å². The molecular formula is C25H17Cl2FN2O4S. The van der Waals surface area contributed by atoms with Gasteiger partial charge < -0.3 is 10.1 Å². The first-order chi connectivity index (χ1) is 16.8. The fourth-order valence-electron chi connectivity index (χ4n) is 3.24. The third-order valence-electron chi connectivity index (χ3n) is 4.96. The maximum atomic E-state index is 14.2. The van der Waals surface area contributed by atoms with Crippen LogP contribution in [0, 0.1) is 5.82 Å². The van der Waals surface area contributed by atoms with Crippen molar-refractivity contribution in [2.24, 2.45) is 0 Å². The summed E-state index contributed by atoms with van der Waals surface area (Å²) in [6.45, 7) is -0.586. The summed E-state index contributed by atoms with van der Waals surface area (Å²) in [5.41, 5.74) is 1.01. The van der Waals surface area contributed by atoms with Crippen LogP contribution in [0.3, 0.4) is 0 Å². The normalized spacial score (nSPS) is 14.5. The number of halogens is 3. The van der Waals surface area contributed by atoms with E-state index in [2.05, 4.69) is 5.32 Å². The molecule has 4 rings (SSSR count). The Balaban J connectivity index is 1.47. The van der Waals surface area contributed by atoms with Crippen LogP contribution in [0.15, 0.2) is 71.6 Å². The van der Waals surface area contributed by atoms with E-state index in [1.54, 1.807) is 48.5 Å². The van der Waals surface area contributed by atoms with Crippen LogP contribution in [-0.4, -0.2) is 28.6 Å². The van der Waals surface area contributed by atoms with Crippen molar-refractivity contribution in [1.29, 1.82) is 0 Å². The molecule has 1 N–H and O–H groups in total. The zero-order valence-electron chi connectivity index (χ0n) is 18.0. The highest BCUT2D eigenvalue weighted by Crippen LogP contribution is 2.36. The Hall–Kier alpha value is -3.33. The fourth-order valence-corrected chi connectivity index (χ4v) is 4.48. The molecule has 3 aromatic carbocycles. The summed E-state index contributed by atoms with van der Waals surface area (Å²) in [4.78, 5) is 38.7. The van der Waals surface area contributed by atoms with Crippen molar-refractivity contribution in [2.45, 2.75) is 6.54 Å². The maximum absolute atomic E-state index is 14.2. The van der Waals surface area contributed by atoms with Crippen LogP contribution in [0.25, 0.3) is 6.08 Å². The highest BCUT2D eigenvalue weighted by atomic mass is 35.5. The van der Waals surface area contributed by atoms with Gasteiger partial charge in [0.1, 0.15) is 11.6 Å². The first-order valence-corrected chi connectivity index (χ1v) is 11.8. The van der Waals surface area contributed by atoms with Crippen LogP contribution in [0.1, 0.15) is 11.1 Å². The Morgan fingerprint density at radius 1 is 1.00 bits per heavy atom. The molecule has 0 spiro atoms. The molecule has 1 heterocycles. The lowest BCUT2D eigenvalue weighted by Crippen LogP contribution is -2.28. The van der Waals surface area contributed by atoms with Gasteiger partial charge in [0, 0.05) is 16.1 Å². The van der Waals surface area contributed by atoms with E-state index in [-0.39, 0.29) is 28.6 Å². The van der Waals surface area contributed by atoms with Gasteiger partial charge in [-0.25, -0.2) is 4.39 Å². The molecule has 3 aromatic rings. The number of benzene rings is 3. The molecule has 0 bridgehead atoms. The number of hydrogen-bond donors (Lipinski definition) is 1. The lowest BCUT2D eigenvalue weighted by atomic mass is 10.1. The van der Waals surface area contributed by atoms with Crippen LogP contribution in [0.5, 0.6) is 5.75 Å². The minimum absolute atomic E-state index is 0.0611. The van der Waals surface area contributed by atoms with Gasteiger partial charge in [0.25, 0.3) is 17.1 Å². The average molecular weight is 531 g/mol. The van der Waals surface area contributed by atoms with Gasteiger partial charge in [0.2, 0.25) is 0 Å². The standard InChI is InChI=1S/C25H17Cl2FN2O4S/c26-17-8-5-9-19(28)16(17)13-30-24(32)22(35-25(30)33)12-15-6-1-4-11-21(15)34-14-23(31)29-20-10-3-2-7-18(20)27/h1-12H,13-14H2,(H,29,31)/b22-12-. The molecule has 10 heteroatoms. The lowest BCUT2D eigenvalue weighted by Gasteiger charge is -2.14. The number of nitrogens with zero attached hydrogens (tertiary/aromatic N) is 1. The molecule has 6 nitrogen and oxygen atoms in total. The molecule has 0 atom stereocenters. The summed E-state index contributed by atoms with van der Waals surface area (Å²) in [7, 11) is 0. The molecule has 1 fully saturated rings. The average Bonchev–Trinajstić information content (AvgIpc) is 3.09. The minimum Gasteiger partial charge on any atom is -0.483 e. The van der Waals surface area contributed by atoms with Crippen LogP contribution >= 0.6 is 35.0 Å². The quantitative estimate of drug-likeness (QED) is 0.358. The molecule has 0 aromatic heterocycles. The predicted molar refractivity (Wildman–Crippen MR) is 135 cm³/mol. The van der Waals surface area contributed by atoms with Crippen molar-refractivity contribution in [3.8, 4) is 5.75 Å². The molecule has 0 aliphatic carbocycles. The van der Waals surface area contributed by atoms with Crippen LogP contribution in [0.4, 0.5) is 14.9 Å². The molecule has 1 aliphatic rings. The van der Waals surface area contributed by atoms with Crippen LogP contribution in [-0.2, 0) is 16.1 Å². The number of imide groups is 1. The number of carbonyl (C=O) groups excluding carboxylic acids is 3. The van der Waals surface area contributed by atoms with E-state index in [1.807, 2.05) is 0 Å². The molecule has 3 amide bonds. The van der Waals surface area contributed by atoms with Gasteiger partial charge >= 0.3 is 0 Å². The summed E-state index contributed by atoms with van der Waals surface area (Å²) in [6.07, 6.45) is 1.50. The molecular weight excluding hydrogens is 514 g/mol. The second-order valence-electron chi connectivity index (χ2n) is 7.32. The van der Waals surface area contributed by atoms with Crippen LogP contribution < -0.4 is 10.1 Å². The number of nitrogens with one attached hydrogen (secondary N) is 1. The monoisotopic (exact) mass is 530 g/mol. The van der Waals surface area contributed by atoms with Gasteiger partial charge in [-0.1, -0.05) is 59.6 Å². The van der Waals surface area contributed by atoms with Gasteiger partial charge in [0.15, 0.2) is 6.61 Å². The van der Waals surface area contributed by atoms with Crippen molar-refractivity contribution >= 4 is 63.8 Å². The number of rotatable bonds is 7. The Morgan fingerprint density at radius 3 is 2.49 bits per heavy atom. The Kier molecular flexibility index (Phi) is 7.75. The Morgan fingerprint density at radius 2 is 1.71 bits per heavy atom. The smallest absolute Gasteiger partial charge is 0.293 e. The van der Waals surface area contributed by atoms with Gasteiger partial charge in [-0.3, -0.25) is 19.3 Å². The number of amides is 3. The van der Waals surface area contributed by atoms with E-state index >= 15 is 0 Å². The van der Waals surface area contributed by atoms with Gasteiger partial charge in [-0.2, -0.15) is 0 Å². The van der Waals surface area contributed by atoms with E-state index < -0.39 is 22.9 Å². The molecule has 0 saturated carbocycles. The molecule has 35 heavy (non-hydrogen) atoms. The highest BCUT2D eigenvalue weighted by Gasteiger charge is 2.36. The summed E-state index contributed by atoms with van der Waals surface area (Å²) in [5.74, 6) is -1.26. The largest absolute Gasteiger partial charge is 0.483 e. The van der Waals surface area contributed by atoms with Crippen molar-refractivity contribution in [1.82, 2.24) is 4.90 Å². The summed E-state index contributed by atoms with van der Waals surface area (Å²) in [6, 6.07) is 17.7. The van der Waals surface area contributed by atoms with Crippen molar-refractivity contribution in [3.05, 3.63) is 98.6 Å². The number of hydrogen-bond acceptors (Lipinski definition) is 5. The van der Waals surface area contributed by atoms with E-state index in [0.29, 0.717) is 22.0 Å². The number of thioether (sulfide) groups is 1. The number of ether oxygens (including phenoxy) is 1. The fraction of sp³-hybridized carbons (Fsp3) is 0.0800. The van der Waals surface area contributed by atoms with Crippen molar-refractivity contribution < 1.29 is 23.5 Å². The predicted octanol–water partition coefficient (Wildman–Crippen LogP) is 6.39. The molecule has 1 saturated heterocycles. The van der Waals surface area contributed by atoms with Crippen molar-refractivity contribution in [2.75, 3.05) is 11.9 Å². The topological polar surface area (TPSA) is 75.7 Å². The molecule has 1 aliphatic heterocycles. The molecule has 0 radical (unpaired) electrons. The number of para-hydroxylation sites is 2. The van der Waals surface area contributed by atoms with Gasteiger partial charge in [-0.05, 0) is 48.2 Å². The second kappa shape index (κ2) is 10.9. The summed E-state index contributed by atoms with van der Waals surface area (Å²) in [5, 5.41) is 2.64. The highest BCUT2D eigenvalue weighted by molar-refractivity contribution is 8.18. The summed E-state index contributed by atoms with van der Waals surface area (Å²) < 4.78 is 19.8. The van der Waals surface area contributed by atoms with Gasteiger partial charge in [-0.15, -0.1) is 0 Å². The van der Waals surface area contributed by atoms with E-state index in [1.165, 1.54) is 24.3 Å². The molecule has 0 unspecified atom stereocenters. The molecule has 178 valence electrons. The third kappa shape index (κ3) is 5.85. The van der Waals surface area contributed by atoms with Gasteiger partial charge in [0.05, 0.1) is 22.2 Å². The SMILES string of the molecule is O=C(COc1ccccc1/C=C1\SC(=O)N(Cc2c(F)cccc2Cl)C1=O)Nc1ccccc1Cl. The van der Waals surface area contributed by atoms with E-state index in [9.17, 15) is 18.8 Å². The van der Waals surface area contributed by atoms with E-state index in [4.69, 9.17) is 27.9 Å². The minimum atomic E-state index is -0.602. The third-order valence-corrected chi connectivity index (χ3v) is 6.55. The zero-order valence-corrected chi connectivity index (χ0v) is 20.3. The first-order valence-electron chi connectivity index (χ1n) is 10.3. The first kappa shape index (κ1) is 24.8. The lowest BCUT2D eigenvalue weighted by molar-refractivity contribution is -0.123. The Labute approximate surface area is 214 Å². The van der Waals surface area contributed by atoms with E-state index in [0.717, 1.165) is 16.7 Å².